The molecule has 1 aromatic heterocycles. The molecule has 0 saturated heterocycles. The SMILES string of the molecule is c1ccc(-c2ccc3c(c2)c2ccccc2c2nc(-c4ccccc4)cnc32)cc1. The summed E-state index contributed by atoms with van der Waals surface area (Å²) in [5.74, 6) is 0. The molecular weight excluding hydrogens is 364 g/mol. The summed E-state index contributed by atoms with van der Waals surface area (Å²) in [5, 5.41) is 4.68. The highest BCUT2D eigenvalue weighted by molar-refractivity contribution is 6.23. The molecule has 5 aromatic carbocycles. The van der Waals surface area contributed by atoms with Crippen LogP contribution >= 0.6 is 0 Å². The molecule has 0 aliphatic carbocycles. The van der Waals surface area contributed by atoms with E-state index >= 15 is 0 Å². The molecule has 0 unspecified atom stereocenters. The monoisotopic (exact) mass is 382 g/mol. The van der Waals surface area contributed by atoms with Crippen LogP contribution in [-0.2, 0) is 0 Å². The lowest BCUT2D eigenvalue weighted by Gasteiger charge is -2.12. The summed E-state index contributed by atoms with van der Waals surface area (Å²) in [6, 6.07) is 35.9. The van der Waals surface area contributed by atoms with E-state index < -0.39 is 0 Å². The summed E-state index contributed by atoms with van der Waals surface area (Å²) in [7, 11) is 0. The van der Waals surface area contributed by atoms with Gasteiger partial charge in [0.05, 0.1) is 22.9 Å². The van der Waals surface area contributed by atoms with Crippen molar-refractivity contribution < 1.29 is 0 Å². The molecule has 0 amide bonds. The largest absolute Gasteiger partial charge is 0.252 e. The lowest BCUT2D eigenvalue weighted by Crippen LogP contribution is -1.92. The van der Waals surface area contributed by atoms with Crippen molar-refractivity contribution in [1.82, 2.24) is 9.97 Å². The second-order valence-electron chi connectivity index (χ2n) is 7.49. The van der Waals surface area contributed by atoms with Crippen LogP contribution in [0.15, 0.2) is 109 Å². The Bertz CT molecular complexity index is 1380. The van der Waals surface area contributed by atoms with Gasteiger partial charge in [0.2, 0.25) is 0 Å². The number of benzene rings is 5. The van der Waals surface area contributed by atoms with Crippen LogP contribution in [0.5, 0.6) is 0 Å². The molecule has 0 aliphatic rings. The van der Waals surface area contributed by atoms with Crippen molar-refractivity contribution in [3.05, 3.63) is 109 Å². The van der Waals surface area contributed by atoms with Gasteiger partial charge in [0.25, 0.3) is 0 Å². The molecule has 2 heteroatoms. The Morgan fingerprint density at radius 2 is 1.07 bits per heavy atom. The Balaban J connectivity index is 1.69. The van der Waals surface area contributed by atoms with E-state index in [0.717, 1.165) is 33.1 Å². The molecule has 1 heterocycles. The Morgan fingerprint density at radius 3 is 1.83 bits per heavy atom. The maximum atomic E-state index is 5.04. The van der Waals surface area contributed by atoms with Crippen LogP contribution in [0.4, 0.5) is 0 Å². The van der Waals surface area contributed by atoms with Crippen LogP contribution in [0.3, 0.4) is 0 Å². The fourth-order valence-electron chi connectivity index (χ4n) is 4.23. The van der Waals surface area contributed by atoms with Gasteiger partial charge in [0.15, 0.2) is 0 Å². The summed E-state index contributed by atoms with van der Waals surface area (Å²) in [4.78, 5) is 9.92. The Hall–Kier alpha value is -4.04. The smallest absolute Gasteiger partial charge is 0.0979 e. The van der Waals surface area contributed by atoms with E-state index in [1.54, 1.807) is 0 Å². The molecule has 0 atom stereocenters. The van der Waals surface area contributed by atoms with E-state index in [0.29, 0.717) is 0 Å². The highest BCUT2D eigenvalue weighted by Crippen LogP contribution is 2.36. The topological polar surface area (TPSA) is 25.8 Å². The number of aromatic nitrogens is 2. The minimum Gasteiger partial charge on any atom is -0.252 e. The average molecular weight is 382 g/mol. The van der Waals surface area contributed by atoms with Gasteiger partial charge in [-0.2, -0.15) is 0 Å². The van der Waals surface area contributed by atoms with Gasteiger partial charge in [-0.05, 0) is 28.0 Å². The van der Waals surface area contributed by atoms with Gasteiger partial charge in [-0.3, -0.25) is 4.98 Å². The van der Waals surface area contributed by atoms with E-state index in [2.05, 4.69) is 78.9 Å². The molecular formula is C28H18N2. The maximum absolute atomic E-state index is 5.04. The maximum Gasteiger partial charge on any atom is 0.0979 e. The lowest BCUT2D eigenvalue weighted by atomic mass is 9.95. The van der Waals surface area contributed by atoms with Crippen molar-refractivity contribution in [2.45, 2.75) is 0 Å². The minimum atomic E-state index is 0.897. The Labute approximate surface area is 174 Å². The van der Waals surface area contributed by atoms with Gasteiger partial charge >= 0.3 is 0 Å². The van der Waals surface area contributed by atoms with Gasteiger partial charge in [-0.25, -0.2) is 4.98 Å². The third-order valence-electron chi connectivity index (χ3n) is 5.70. The van der Waals surface area contributed by atoms with Crippen LogP contribution < -0.4 is 0 Å². The molecule has 6 rings (SSSR count). The van der Waals surface area contributed by atoms with E-state index in [1.165, 1.54) is 21.9 Å². The number of nitrogens with zero attached hydrogens (tertiary/aromatic N) is 2. The van der Waals surface area contributed by atoms with E-state index in [9.17, 15) is 0 Å². The van der Waals surface area contributed by atoms with E-state index in [1.807, 2.05) is 30.5 Å². The Morgan fingerprint density at radius 1 is 0.433 bits per heavy atom. The highest BCUT2D eigenvalue weighted by atomic mass is 14.8. The average Bonchev–Trinajstić information content (AvgIpc) is 2.85. The zero-order valence-corrected chi connectivity index (χ0v) is 16.3. The summed E-state index contributed by atoms with van der Waals surface area (Å²) in [6.07, 6.45) is 1.89. The van der Waals surface area contributed by atoms with Crippen LogP contribution in [-0.4, -0.2) is 9.97 Å². The third-order valence-corrected chi connectivity index (χ3v) is 5.70. The van der Waals surface area contributed by atoms with Crippen molar-refractivity contribution in [2.75, 3.05) is 0 Å². The van der Waals surface area contributed by atoms with E-state index in [-0.39, 0.29) is 0 Å². The normalized spacial score (nSPS) is 11.3. The first-order chi connectivity index (χ1) is 14.9. The number of fused-ring (bicyclic) bond motifs is 6. The lowest BCUT2D eigenvalue weighted by molar-refractivity contribution is 1.31. The van der Waals surface area contributed by atoms with Crippen LogP contribution in [0.2, 0.25) is 0 Å². The van der Waals surface area contributed by atoms with Gasteiger partial charge in [0.1, 0.15) is 0 Å². The molecule has 140 valence electrons. The first kappa shape index (κ1) is 16.9. The standard InChI is InChI=1S/C28H18N2/c1-3-9-19(10-4-1)21-15-16-24-25(17-21)22-13-7-8-14-23(22)28-27(24)29-18-26(30-28)20-11-5-2-6-12-20/h1-18H. The minimum absolute atomic E-state index is 0.897. The van der Waals surface area contributed by atoms with Gasteiger partial charge in [-0.15, -0.1) is 0 Å². The number of hydrogen-bond acceptors (Lipinski definition) is 2. The summed E-state index contributed by atoms with van der Waals surface area (Å²) in [5.41, 5.74) is 6.30. The third kappa shape index (κ3) is 2.66. The Kier molecular flexibility index (Phi) is 3.82. The number of rotatable bonds is 2. The first-order valence-electron chi connectivity index (χ1n) is 10.1. The summed E-state index contributed by atoms with van der Waals surface area (Å²) >= 11 is 0. The summed E-state index contributed by atoms with van der Waals surface area (Å²) in [6.45, 7) is 0. The van der Waals surface area contributed by atoms with E-state index in [4.69, 9.17) is 9.97 Å². The highest BCUT2D eigenvalue weighted by Gasteiger charge is 2.13. The molecule has 0 fully saturated rings. The molecule has 0 spiro atoms. The predicted molar refractivity (Wildman–Crippen MR) is 125 cm³/mol. The molecule has 6 aromatic rings. The molecule has 0 saturated carbocycles. The van der Waals surface area contributed by atoms with Gasteiger partial charge in [-0.1, -0.05) is 97.1 Å². The quantitative estimate of drug-likeness (QED) is 0.294. The van der Waals surface area contributed by atoms with Gasteiger partial charge < -0.3 is 0 Å². The van der Waals surface area contributed by atoms with Crippen molar-refractivity contribution >= 4 is 32.6 Å². The second kappa shape index (κ2) is 6.78. The fourth-order valence-corrected chi connectivity index (χ4v) is 4.23. The molecule has 2 nitrogen and oxygen atoms in total. The predicted octanol–water partition coefficient (Wildman–Crippen LogP) is 7.27. The first-order valence-corrected chi connectivity index (χ1v) is 10.1. The van der Waals surface area contributed by atoms with Crippen molar-refractivity contribution in [2.24, 2.45) is 0 Å². The zero-order valence-electron chi connectivity index (χ0n) is 16.3. The molecule has 0 aliphatic heterocycles. The van der Waals surface area contributed by atoms with Crippen LogP contribution in [0.25, 0.3) is 55.0 Å². The van der Waals surface area contributed by atoms with Crippen LogP contribution in [0.1, 0.15) is 0 Å². The molecule has 0 radical (unpaired) electrons. The fraction of sp³-hybridized carbons (Fsp3) is 0. The molecule has 0 bridgehead atoms. The van der Waals surface area contributed by atoms with Gasteiger partial charge in [0, 0.05) is 16.3 Å². The molecule has 0 N–H and O–H groups in total. The van der Waals surface area contributed by atoms with Crippen molar-refractivity contribution in [1.29, 1.82) is 0 Å². The van der Waals surface area contributed by atoms with Crippen molar-refractivity contribution in [3.63, 3.8) is 0 Å². The number of hydrogen-bond donors (Lipinski definition) is 0. The zero-order chi connectivity index (χ0) is 19.9. The summed E-state index contributed by atoms with van der Waals surface area (Å²) < 4.78 is 0. The van der Waals surface area contributed by atoms with Crippen LogP contribution in [0, 0.1) is 0 Å². The molecule has 30 heavy (non-hydrogen) atoms. The second-order valence-corrected chi connectivity index (χ2v) is 7.49. The van der Waals surface area contributed by atoms with Crippen molar-refractivity contribution in [3.8, 4) is 22.4 Å².